The van der Waals surface area contributed by atoms with Gasteiger partial charge in [-0.25, -0.2) is 0 Å². The predicted octanol–water partition coefficient (Wildman–Crippen LogP) is 4.79. The number of hydrogen-bond donors (Lipinski definition) is 0. The van der Waals surface area contributed by atoms with Crippen LogP contribution in [-0.2, 0) is 11.2 Å². The second kappa shape index (κ2) is 8.60. The van der Waals surface area contributed by atoms with Gasteiger partial charge in [0, 0.05) is 18.8 Å². The zero-order valence-electron chi connectivity index (χ0n) is 13.8. The smallest absolute Gasteiger partial charge is 0.311 e. The molecule has 1 aromatic heterocycles. The maximum Gasteiger partial charge on any atom is 0.311 e. The Morgan fingerprint density at radius 2 is 1.48 bits per heavy atom. The lowest BCUT2D eigenvalue weighted by Crippen LogP contribution is -2.08. The van der Waals surface area contributed by atoms with E-state index in [1.165, 1.54) is 0 Å². The third-order valence-electron chi connectivity index (χ3n) is 3.75. The number of pyridine rings is 1. The monoisotopic (exact) mass is 329 g/mol. The van der Waals surface area contributed by atoms with Gasteiger partial charge in [-0.3, -0.25) is 9.78 Å². The van der Waals surface area contributed by atoms with E-state index in [0.717, 1.165) is 16.7 Å². The van der Waals surface area contributed by atoms with Crippen molar-refractivity contribution < 1.29 is 9.53 Å². The maximum atomic E-state index is 11.9. The van der Waals surface area contributed by atoms with Crippen molar-refractivity contribution in [3.63, 3.8) is 0 Å². The van der Waals surface area contributed by atoms with E-state index in [1.54, 1.807) is 12.4 Å². The highest BCUT2D eigenvalue weighted by molar-refractivity contribution is 5.73. The molecule has 0 aliphatic carbocycles. The van der Waals surface area contributed by atoms with Gasteiger partial charge in [0.1, 0.15) is 5.75 Å². The van der Waals surface area contributed by atoms with Crippen molar-refractivity contribution >= 4 is 18.1 Å². The van der Waals surface area contributed by atoms with E-state index in [1.807, 2.05) is 78.9 Å². The van der Waals surface area contributed by atoms with Crippen molar-refractivity contribution in [3.8, 4) is 5.75 Å². The summed E-state index contributed by atoms with van der Waals surface area (Å²) < 4.78 is 5.38. The summed E-state index contributed by atoms with van der Waals surface area (Å²) in [6.45, 7) is 0. The molecule has 0 saturated carbocycles. The topological polar surface area (TPSA) is 39.2 Å². The van der Waals surface area contributed by atoms with Crippen molar-refractivity contribution in [2.24, 2.45) is 0 Å². The molecule has 0 unspecified atom stereocenters. The molecule has 0 bridgehead atoms. The Balaban J connectivity index is 1.52. The first-order valence-corrected chi connectivity index (χ1v) is 8.22. The molecule has 0 saturated heterocycles. The number of ether oxygens (including phenoxy) is 1. The number of rotatable bonds is 6. The second-order valence-electron chi connectivity index (χ2n) is 5.64. The number of hydrogen-bond acceptors (Lipinski definition) is 3. The highest BCUT2D eigenvalue weighted by Gasteiger charge is 2.05. The molecule has 3 rings (SSSR count). The van der Waals surface area contributed by atoms with Gasteiger partial charge in [-0.05, 0) is 47.4 Å². The van der Waals surface area contributed by atoms with Gasteiger partial charge in [0.05, 0.1) is 0 Å². The highest BCUT2D eigenvalue weighted by Crippen LogP contribution is 2.15. The highest BCUT2D eigenvalue weighted by atomic mass is 16.5. The zero-order valence-corrected chi connectivity index (χ0v) is 13.8. The summed E-state index contributed by atoms with van der Waals surface area (Å²) in [6, 6.07) is 21.3. The average Bonchev–Trinajstić information content (AvgIpc) is 2.67. The molecule has 0 atom stereocenters. The van der Waals surface area contributed by atoms with Gasteiger partial charge in [0.25, 0.3) is 0 Å². The quantitative estimate of drug-likeness (QED) is 0.482. The Kier molecular flexibility index (Phi) is 5.73. The number of aryl methyl sites for hydroxylation is 1. The SMILES string of the molecule is O=C(CCc1ccccc1)Oc1ccc(/C=C/c2ccncc2)cc1. The van der Waals surface area contributed by atoms with Crippen LogP contribution < -0.4 is 4.74 Å². The molecule has 0 N–H and O–H groups in total. The Bertz CT molecular complexity index is 825. The minimum atomic E-state index is -0.219. The molecule has 0 amide bonds. The van der Waals surface area contributed by atoms with Gasteiger partial charge in [-0.2, -0.15) is 0 Å². The van der Waals surface area contributed by atoms with E-state index in [4.69, 9.17) is 4.74 Å². The number of esters is 1. The molecular weight excluding hydrogens is 310 g/mol. The van der Waals surface area contributed by atoms with Gasteiger partial charge in [-0.15, -0.1) is 0 Å². The van der Waals surface area contributed by atoms with Crippen molar-refractivity contribution in [1.29, 1.82) is 0 Å². The Labute approximate surface area is 147 Å². The summed E-state index contributed by atoms with van der Waals surface area (Å²) in [6.07, 6.45) is 8.61. The summed E-state index contributed by atoms with van der Waals surface area (Å²) >= 11 is 0. The molecule has 124 valence electrons. The Morgan fingerprint density at radius 3 is 2.16 bits per heavy atom. The van der Waals surface area contributed by atoms with Crippen LogP contribution in [0.2, 0.25) is 0 Å². The molecule has 0 fully saturated rings. The molecule has 3 heteroatoms. The molecule has 3 aromatic rings. The van der Waals surface area contributed by atoms with E-state index in [-0.39, 0.29) is 5.97 Å². The summed E-state index contributed by atoms with van der Waals surface area (Å²) in [5.41, 5.74) is 3.27. The van der Waals surface area contributed by atoms with Crippen molar-refractivity contribution in [1.82, 2.24) is 4.98 Å². The van der Waals surface area contributed by atoms with E-state index in [0.29, 0.717) is 18.6 Å². The molecule has 2 aromatic carbocycles. The molecule has 3 nitrogen and oxygen atoms in total. The minimum Gasteiger partial charge on any atom is -0.427 e. The molecule has 1 heterocycles. The predicted molar refractivity (Wildman–Crippen MR) is 100 cm³/mol. The van der Waals surface area contributed by atoms with Gasteiger partial charge in [0.15, 0.2) is 0 Å². The fourth-order valence-corrected chi connectivity index (χ4v) is 2.39. The van der Waals surface area contributed by atoms with Gasteiger partial charge in [-0.1, -0.05) is 54.6 Å². The van der Waals surface area contributed by atoms with Crippen LogP contribution in [0.3, 0.4) is 0 Å². The van der Waals surface area contributed by atoms with E-state index >= 15 is 0 Å². The fraction of sp³-hybridized carbons (Fsp3) is 0.0909. The van der Waals surface area contributed by atoms with Crippen molar-refractivity contribution in [2.45, 2.75) is 12.8 Å². The summed E-state index contributed by atoms with van der Waals surface area (Å²) in [5, 5.41) is 0. The molecule has 0 aliphatic rings. The van der Waals surface area contributed by atoms with Crippen LogP contribution in [0.25, 0.3) is 12.2 Å². The van der Waals surface area contributed by atoms with Crippen LogP contribution in [0.15, 0.2) is 79.1 Å². The summed E-state index contributed by atoms with van der Waals surface area (Å²) in [4.78, 5) is 15.9. The average molecular weight is 329 g/mol. The van der Waals surface area contributed by atoms with E-state index < -0.39 is 0 Å². The largest absolute Gasteiger partial charge is 0.427 e. The number of benzene rings is 2. The number of carbonyl (C=O) groups excluding carboxylic acids is 1. The molecule has 0 spiro atoms. The molecule has 0 aliphatic heterocycles. The van der Waals surface area contributed by atoms with Crippen LogP contribution in [0.4, 0.5) is 0 Å². The van der Waals surface area contributed by atoms with Gasteiger partial charge >= 0.3 is 5.97 Å². The van der Waals surface area contributed by atoms with Crippen LogP contribution >= 0.6 is 0 Å². The number of carbonyl (C=O) groups is 1. The van der Waals surface area contributed by atoms with Gasteiger partial charge in [0.2, 0.25) is 0 Å². The first-order valence-electron chi connectivity index (χ1n) is 8.22. The van der Waals surface area contributed by atoms with E-state index in [9.17, 15) is 4.79 Å². The number of aromatic nitrogens is 1. The van der Waals surface area contributed by atoms with E-state index in [2.05, 4.69) is 4.98 Å². The van der Waals surface area contributed by atoms with Crippen LogP contribution in [-0.4, -0.2) is 11.0 Å². The number of nitrogens with zero attached hydrogens (tertiary/aromatic N) is 1. The van der Waals surface area contributed by atoms with Crippen LogP contribution in [0.1, 0.15) is 23.1 Å². The third-order valence-corrected chi connectivity index (χ3v) is 3.75. The molecule has 25 heavy (non-hydrogen) atoms. The van der Waals surface area contributed by atoms with Crippen molar-refractivity contribution in [3.05, 3.63) is 95.8 Å². The Morgan fingerprint density at radius 1 is 0.840 bits per heavy atom. The lowest BCUT2D eigenvalue weighted by Gasteiger charge is -2.05. The molecule has 0 radical (unpaired) electrons. The second-order valence-corrected chi connectivity index (χ2v) is 5.64. The Hall–Kier alpha value is -3.20. The maximum absolute atomic E-state index is 11.9. The summed E-state index contributed by atoms with van der Waals surface area (Å²) in [7, 11) is 0. The summed E-state index contributed by atoms with van der Waals surface area (Å²) in [5.74, 6) is 0.350. The lowest BCUT2D eigenvalue weighted by molar-refractivity contribution is -0.134. The standard InChI is InChI=1S/C22H19NO2/c24-22(13-10-18-4-2-1-3-5-18)25-21-11-8-19(9-12-21)6-7-20-14-16-23-17-15-20/h1-9,11-12,14-17H,10,13H2/b7-6+. The fourth-order valence-electron chi connectivity index (χ4n) is 2.39. The van der Waals surface area contributed by atoms with Crippen molar-refractivity contribution in [2.75, 3.05) is 0 Å². The van der Waals surface area contributed by atoms with Crippen LogP contribution in [0, 0.1) is 0 Å². The molecular formula is C22H19NO2. The first kappa shape index (κ1) is 16.7. The van der Waals surface area contributed by atoms with Crippen LogP contribution in [0.5, 0.6) is 5.75 Å². The normalized spacial score (nSPS) is 10.7. The lowest BCUT2D eigenvalue weighted by atomic mass is 10.1. The minimum absolute atomic E-state index is 0.219. The zero-order chi connectivity index (χ0) is 17.3. The van der Waals surface area contributed by atoms with Gasteiger partial charge < -0.3 is 4.74 Å². The third kappa shape index (κ3) is 5.43. The first-order chi connectivity index (χ1) is 12.3.